The summed E-state index contributed by atoms with van der Waals surface area (Å²) in [6, 6.07) is 0. The van der Waals surface area contributed by atoms with E-state index in [-0.39, 0.29) is 43.3 Å². The van der Waals surface area contributed by atoms with Crippen molar-refractivity contribution in [3.05, 3.63) is 0 Å². The summed E-state index contributed by atoms with van der Waals surface area (Å²) in [5, 5.41) is 3.33. The van der Waals surface area contributed by atoms with Gasteiger partial charge in [0.05, 0.1) is 25.0 Å². The minimum absolute atomic E-state index is 0. The van der Waals surface area contributed by atoms with Crippen molar-refractivity contribution in [2.45, 2.75) is 39.7 Å². The lowest BCUT2D eigenvalue weighted by Crippen LogP contribution is -2.45. The van der Waals surface area contributed by atoms with Crippen LogP contribution in [0.3, 0.4) is 0 Å². The van der Waals surface area contributed by atoms with Gasteiger partial charge in [0.15, 0.2) is 0 Å². The first-order valence-electron chi connectivity index (χ1n) is 8.41. The summed E-state index contributed by atoms with van der Waals surface area (Å²) >= 11 is 0. The molecule has 1 rings (SSSR count). The van der Waals surface area contributed by atoms with E-state index in [0.717, 1.165) is 25.9 Å². The van der Waals surface area contributed by atoms with Crippen molar-refractivity contribution in [2.75, 3.05) is 45.1 Å². The monoisotopic (exact) mass is 385 g/mol. The predicted octanol–water partition coefficient (Wildman–Crippen LogP) is 0.601. The highest BCUT2D eigenvalue weighted by Gasteiger charge is 2.23. The molecule has 144 valence electrons. The molecular formula is C15H32ClN3O4S. The number of ether oxygens (including phenoxy) is 1. The Bertz CT molecular complexity index is 452. The van der Waals surface area contributed by atoms with E-state index in [1.165, 1.54) is 0 Å². The lowest BCUT2D eigenvalue weighted by molar-refractivity contribution is -0.131. The summed E-state index contributed by atoms with van der Waals surface area (Å²) in [5.41, 5.74) is 0. The van der Waals surface area contributed by atoms with Crippen molar-refractivity contribution >= 4 is 28.3 Å². The molecule has 1 saturated heterocycles. The molecule has 1 aliphatic heterocycles. The number of carbonyl (C=O) groups is 1. The van der Waals surface area contributed by atoms with Crippen molar-refractivity contribution in [3.8, 4) is 0 Å². The first kappa shape index (κ1) is 23.6. The van der Waals surface area contributed by atoms with Crippen LogP contribution in [0, 0.1) is 5.92 Å². The van der Waals surface area contributed by atoms with Crippen molar-refractivity contribution in [1.29, 1.82) is 0 Å². The molecule has 7 nitrogen and oxygen atoms in total. The number of likely N-dealkylation sites (tertiary alicyclic amines) is 1. The van der Waals surface area contributed by atoms with Crippen molar-refractivity contribution in [2.24, 2.45) is 5.92 Å². The molecule has 1 aliphatic rings. The third-order valence-corrected chi connectivity index (χ3v) is 5.19. The molecular weight excluding hydrogens is 354 g/mol. The molecule has 0 aromatic heterocycles. The van der Waals surface area contributed by atoms with Crippen LogP contribution in [0.4, 0.5) is 0 Å². The number of rotatable bonds is 10. The maximum Gasteiger partial charge on any atom is 0.237 e. The van der Waals surface area contributed by atoms with E-state index >= 15 is 0 Å². The molecule has 9 heteroatoms. The molecule has 0 unspecified atom stereocenters. The smallest absolute Gasteiger partial charge is 0.237 e. The standard InChI is InChI=1S/C15H31N3O4S.ClH/c1-4-16-11-14-5-7-18(8-6-14)15(19)12-17-23(20,21)10-9-22-13(2)3;/h13-14,16-17H,4-12H2,1-3H3;1H. The van der Waals surface area contributed by atoms with Crippen molar-refractivity contribution in [3.63, 3.8) is 0 Å². The van der Waals surface area contributed by atoms with Crippen LogP contribution in [0.1, 0.15) is 33.6 Å². The third kappa shape index (κ3) is 9.78. The van der Waals surface area contributed by atoms with Gasteiger partial charge < -0.3 is 15.0 Å². The lowest BCUT2D eigenvalue weighted by atomic mass is 9.97. The zero-order valence-electron chi connectivity index (χ0n) is 14.9. The molecule has 24 heavy (non-hydrogen) atoms. The average molecular weight is 386 g/mol. The molecule has 2 N–H and O–H groups in total. The van der Waals surface area contributed by atoms with E-state index < -0.39 is 10.0 Å². The molecule has 1 fully saturated rings. The van der Waals surface area contributed by atoms with E-state index in [1.54, 1.807) is 4.90 Å². The van der Waals surface area contributed by atoms with Gasteiger partial charge in [-0.25, -0.2) is 13.1 Å². The van der Waals surface area contributed by atoms with Crippen molar-refractivity contribution < 1.29 is 17.9 Å². The fraction of sp³-hybridized carbons (Fsp3) is 0.933. The van der Waals surface area contributed by atoms with Gasteiger partial charge in [0.25, 0.3) is 0 Å². The Morgan fingerprint density at radius 2 is 1.92 bits per heavy atom. The molecule has 0 atom stereocenters. The van der Waals surface area contributed by atoms with Gasteiger partial charge >= 0.3 is 0 Å². The number of carbonyl (C=O) groups excluding carboxylic acids is 1. The summed E-state index contributed by atoms with van der Waals surface area (Å²) < 4.78 is 31.2. The van der Waals surface area contributed by atoms with Gasteiger partial charge in [-0.05, 0) is 45.7 Å². The first-order valence-corrected chi connectivity index (χ1v) is 10.1. The third-order valence-electron chi connectivity index (χ3n) is 3.90. The van der Waals surface area contributed by atoms with Crippen LogP contribution in [0.15, 0.2) is 0 Å². The summed E-state index contributed by atoms with van der Waals surface area (Å²) in [7, 11) is -3.47. The molecule has 1 heterocycles. The highest BCUT2D eigenvalue weighted by Crippen LogP contribution is 2.16. The van der Waals surface area contributed by atoms with Gasteiger partial charge in [-0.2, -0.15) is 0 Å². The van der Waals surface area contributed by atoms with Crippen LogP contribution in [0.5, 0.6) is 0 Å². The van der Waals surface area contributed by atoms with Gasteiger partial charge in [-0.15, -0.1) is 12.4 Å². The molecule has 0 aromatic rings. The predicted molar refractivity (Wildman–Crippen MR) is 98.0 cm³/mol. The maximum absolute atomic E-state index is 12.1. The SMILES string of the molecule is CCNCC1CCN(C(=O)CNS(=O)(=O)CCOC(C)C)CC1.Cl. The highest BCUT2D eigenvalue weighted by atomic mass is 35.5. The fourth-order valence-corrected chi connectivity index (χ4v) is 3.29. The average Bonchev–Trinajstić information content (AvgIpc) is 2.50. The number of piperidine rings is 1. The van der Waals surface area contributed by atoms with E-state index in [9.17, 15) is 13.2 Å². The van der Waals surface area contributed by atoms with Crippen LogP contribution in [-0.4, -0.2) is 70.4 Å². The first-order chi connectivity index (χ1) is 10.8. The second-order valence-corrected chi connectivity index (χ2v) is 8.12. The van der Waals surface area contributed by atoms with Gasteiger partial charge in [-0.3, -0.25) is 4.79 Å². The Kier molecular flexibility index (Phi) is 11.8. The van der Waals surface area contributed by atoms with Gasteiger partial charge in [-0.1, -0.05) is 6.92 Å². The van der Waals surface area contributed by atoms with Crippen molar-refractivity contribution in [1.82, 2.24) is 14.9 Å². The van der Waals surface area contributed by atoms with Crippen LogP contribution in [0.25, 0.3) is 0 Å². The quantitative estimate of drug-likeness (QED) is 0.575. The Morgan fingerprint density at radius 3 is 2.46 bits per heavy atom. The zero-order valence-corrected chi connectivity index (χ0v) is 16.5. The van der Waals surface area contributed by atoms with Gasteiger partial charge in [0.1, 0.15) is 0 Å². The fourth-order valence-electron chi connectivity index (χ4n) is 2.48. The van der Waals surface area contributed by atoms with E-state index in [1.807, 2.05) is 13.8 Å². The topological polar surface area (TPSA) is 87.7 Å². The largest absolute Gasteiger partial charge is 0.378 e. The highest BCUT2D eigenvalue weighted by molar-refractivity contribution is 7.89. The van der Waals surface area contributed by atoms with E-state index in [0.29, 0.717) is 19.0 Å². The number of hydrogen-bond acceptors (Lipinski definition) is 5. The number of sulfonamides is 1. The van der Waals surface area contributed by atoms with Crippen LogP contribution in [0.2, 0.25) is 0 Å². The number of hydrogen-bond donors (Lipinski definition) is 2. The molecule has 1 amide bonds. The molecule has 0 bridgehead atoms. The second kappa shape index (κ2) is 12.0. The normalized spacial score (nSPS) is 16.2. The Labute approximate surface area is 152 Å². The van der Waals surface area contributed by atoms with E-state index in [2.05, 4.69) is 17.0 Å². The van der Waals surface area contributed by atoms with E-state index in [4.69, 9.17) is 4.74 Å². The number of amides is 1. The maximum atomic E-state index is 12.1. The zero-order chi connectivity index (χ0) is 17.3. The number of nitrogens with zero attached hydrogens (tertiary/aromatic N) is 1. The second-order valence-electron chi connectivity index (χ2n) is 6.19. The van der Waals surface area contributed by atoms with Crippen LogP contribution in [-0.2, 0) is 19.6 Å². The minimum Gasteiger partial charge on any atom is -0.378 e. The minimum atomic E-state index is -3.47. The Morgan fingerprint density at radius 1 is 1.29 bits per heavy atom. The summed E-state index contributed by atoms with van der Waals surface area (Å²) in [4.78, 5) is 13.8. The van der Waals surface area contributed by atoms with Crippen LogP contribution >= 0.6 is 12.4 Å². The summed E-state index contributed by atoms with van der Waals surface area (Å²) in [6.07, 6.45) is 1.93. The molecule has 0 aliphatic carbocycles. The van der Waals surface area contributed by atoms with Crippen LogP contribution < -0.4 is 10.0 Å². The number of halogens is 1. The molecule has 0 saturated carbocycles. The number of nitrogens with one attached hydrogen (secondary N) is 2. The molecule has 0 radical (unpaired) electrons. The summed E-state index contributed by atoms with van der Waals surface area (Å²) in [5.74, 6) is 0.326. The lowest BCUT2D eigenvalue weighted by Gasteiger charge is -2.32. The summed E-state index contributed by atoms with van der Waals surface area (Å²) in [6.45, 7) is 9.10. The molecule has 0 spiro atoms. The Hall–Kier alpha value is -0.410. The Balaban J connectivity index is 0.00000529. The van der Waals surface area contributed by atoms with Gasteiger partial charge in [0, 0.05) is 13.1 Å². The van der Waals surface area contributed by atoms with Gasteiger partial charge in [0.2, 0.25) is 15.9 Å². The molecule has 0 aromatic carbocycles.